The van der Waals surface area contributed by atoms with E-state index >= 15 is 0 Å². The van der Waals surface area contributed by atoms with Gasteiger partial charge in [-0.15, -0.1) is 0 Å². The third-order valence-corrected chi connectivity index (χ3v) is 2.99. The van der Waals surface area contributed by atoms with Crippen molar-refractivity contribution in [2.75, 3.05) is 0 Å². The van der Waals surface area contributed by atoms with Crippen LogP contribution in [0.4, 0.5) is 4.39 Å². The van der Waals surface area contributed by atoms with Gasteiger partial charge in [-0.3, -0.25) is 0 Å². The second kappa shape index (κ2) is 5.40. The second-order valence-electron chi connectivity index (χ2n) is 4.37. The van der Waals surface area contributed by atoms with Gasteiger partial charge in [0.05, 0.1) is 0 Å². The molecule has 0 bridgehead atoms. The lowest BCUT2D eigenvalue weighted by Crippen LogP contribution is -1.91. The Hall–Kier alpha value is -1.54. The minimum absolute atomic E-state index is 0.200. The number of hydrogen-bond donors (Lipinski definition) is 0. The molecule has 0 unspecified atom stereocenters. The number of benzene rings is 2. The van der Waals surface area contributed by atoms with Crippen molar-refractivity contribution in [1.29, 1.82) is 0 Å². The van der Waals surface area contributed by atoms with Gasteiger partial charge in [0.2, 0.25) is 0 Å². The van der Waals surface area contributed by atoms with Gasteiger partial charge in [0, 0.05) is 5.02 Å². The SMILES string of the molecule is CC(C)c1ccc(Oc2ccccc2F)cc1Cl. The van der Waals surface area contributed by atoms with E-state index < -0.39 is 0 Å². The number of halogens is 2. The fourth-order valence-corrected chi connectivity index (χ4v) is 2.08. The quantitative estimate of drug-likeness (QED) is 0.722. The van der Waals surface area contributed by atoms with Crippen molar-refractivity contribution in [1.82, 2.24) is 0 Å². The van der Waals surface area contributed by atoms with E-state index in [1.54, 1.807) is 30.3 Å². The topological polar surface area (TPSA) is 9.23 Å². The van der Waals surface area contributed by atoms with Crippen molar-refractivity contribution in [3.05, 3.63) is 58.9 Å². The van der Waals surface area contributed by atoms with Crippen LogP contribution in [0.3, 0.4) is 0 Å². The van der Waals surface area contributed by atoms with Crippen molar-refractivity contribution in [2.24, 2.45) is 0 Å². The van der Waals surface area contributed by atoms with Crippen LogP contribution in [-0.2, 0) is 0 Å². The molecule has 0 heterocycles. The van der Waals surface area contributed by atoms with E-state index in [0.717, 1.165) is 5.56 Å². The summed E-state index contributed by atoms with van der Waals surface area (Å²) in [7, 11) is 0. The predicted octanol–water partition coefficient (Wildman–Crippen LogP) is 5.39. The summed E-state index contributed by atoms with van der Waals surface area (Å²) >= 11 is 6.16. The van der Waals surface area contributed by atoms with E-state index in [1.807, 2.05) is 6.07 Å². The fourth-order valence-electron chi connectivity index (χ4n) is 1.69. The first kappa shape index (κ1) is 12.9. The highest BCUT2D eigenvalue weighted by Crippen LogP contribution is 2.31. The Morgan fingerprint density at radius 1 is 1.11 bits per heavy atom. The van der Waals surface area contributed by atoms with Crippen LogP contribution in [0.15, 0.2) is 42.5 Å². The van der Waals surface area contributed by atoms with E-state index in [-0.39, 0.29) is 11.6 Å². The first-order valence-electron chi connectivity index (χ1n) is 5.79. The number of ether oxygens (including phenoxy) is 1. The molecule has 1 nitrogen and oxygen atoms in total. The van der Waals surface area contributed by atoms with E-state index in [0.29, 0.717) is 16.7 Å². The third kappa shape index (κ3) is 2.82. The highest BCUT2D eigenvalue weighted by atomic mass is 35.5. The first-order chi connectivity index (χ1) is 8.58. The molecular formula is C15H14ClFO. The molecule has 0 aliphatic heterocycles. The van der Waals surface area contributed by atoms with E-state index in [1.165, 1.54) is 6.07 Å². The van der Waals surface area contributed by atoms with Crippen LogP contribution < -0.4 is 4.74 Å². The molecule has 18 heavy (non-hydrogen) atoms. The smallest absolute Gasteiger partial charge is 0.165 e. The summed E-state index contributed by atoms with van der Waals surface area (Å²) in [6.45, 7) is 4.14. The lowest BCUT2D eigenvalue weighted by atomic mass is 10.0. The maximum Gasteiger partial charge on any atom is 0.165 e. The average molecular weight is 265 g/mol. The molecule has 3 heteroatoms. The van der Waals surface area contributed by atoms with Gasteiger partial charge < -0.3 is 4.74 Å². The first-order valence-corrected chi connectivity index (χ1v) is 6.17. The largest absolute Gasteiger partial charge is 0.454 e. The Balaban J connectivity index is 2.26. The van der Waals surface area contributed by atoms with Gasteiger partial charge in [-0.25, -0.2) is 4.39 Å². The molecule has 0 spiro atoms. The van der Waals surface area contributed by atoms with E-state index in [9.17, 15) is 4.39 Å². The summed E-state index contributed by atoms with van der Waals surface area (Å²) < 4.78 is 18.9. The predicted molar refractivity (Wildman–Crippen MR) is 72.0 cm³/mol. The fraction of sp³-hybridized carbons (Fsp3) is 0.200. The molecule has 2 aromatic carbocycles. The minimum atomic E-state index is -0.387. The van der Waals surface area contributed by atoms with Gasteiger partial charge >= 0.3 is 0 Å². The van der Waals surface area contributed by atoms with Crippen molar-refractivity contribution in [2.45, 2.75) is 19.8 Å². The molecule has 0 fully saturated rings. The zero-order valence-corrected chi connectivity index (χ0v) is 11.0. The van der Waals surface area contributed by atoms with Crippen molar-refractivity contribution >= 4 is 11.6 Å². The third-order valence-electron chi connectivity index (χ3n) is 2.66. The van der Waals surface area contributed by atoms with Crippen LogP contribution in [-0.4, -0.2) is 0 Å². The summed E-state index contributed by atoms with van der Waals surface area (Å²) in [4.78, 5) is 0. The van der Waals surface area contributed by atoms with E-state index in [2.05, 4.69) is 13.8 Å². The highest BCUT2D eigenvalue weighted by molar-refractivity contribution is 6.31. The maximum absolute atomic E-state index is 13.4. The van der Waals surface area contributed by atoms with Crippen LogP contribution >= 0.6 is 11.6 Å². The van der Waals surface area contributed by atoms with Gasteiger partial charge in [0.15, 0.2) is 11.6 Å². The number of rotatable bonds is 3. The molecule has 0 aliphatic rings. The second-order valence-corrected chi connectivity index (χ2v) is 4.78. The normalized spacial score (nSPS) is 10.7. The summed E-state index contributed by atoms with van der Waals surface area (Å²) in [5.74, 6) is 0.696. The standard InChI is InChI=1S/C15H14ClFO/c1-10(2)12-8-7-11(9-13(12)16)18-15-6-4-3-5-14(15)17/h3-10H,1-2H3. The lowest BCUT2D eigenvalue weighted by molar-refractivity contribution is 0.442. The molecule has 0 saturated carbocycles. The van der Waals surface area contributed by atoms with Crippen LogP contribution in [0, 0.1) is 5.82 Å². The highest BCUT2D eigenvalue weighted by Gasteiger charge is 2.08. The number of hydrogen-bond acceptors (Lipinski definition) is 1. The van der Waals surface area contributed by atoms with Gasteiger partial charge in [0.25, 0.3) is 0 Å². The summed E-state index contributed by atoms with van der Waals surface area (Å²) in [6, 6.07) is 11.7. The van der Waals surface area contributed by atoms with Gasteiger partial charge in [-0.05, 0) is 35.7 Å². The van der Waals surface area contributed by atoms with Crippen molar-refractivity contribution in [3.63, 3.8) is 0 Å². The lowest BCUT2D eigenvalue weighted by Gasteiger charge is -2.11. The zero-order chi connectivity index (χ0) is 13.1. The van der Waals surface area contributed by atoms with Crippen LogP contribution in [0.25, 0.3) is 0 Å². The summed E-state index contributed by atoms with van der Waals surface area (Å²) in [5, 5.41) is 0.638. The molecule has 2 aromatic rings. The monoisotopic (exact) mass is 264 g/mol. The molecule has 0 aromatic heterocycles. The Morgan fingerprint density at radius 3 is 2.44 bits per heavy atom. The Kier molecular flexibility index (Phi) is 3.87. The molecule has 2 rings (SSSR count). The van der Waals surface area contributed by atoms with Crippen LogP contribution in [0.5, 0.6) is 11.5 Å². The van der Waals surface area contributed by atoms with E-state index in [4.69, 9.17) is 16.3 Å². The molecule has 0 saturated heterocycles. The van der Waals surface area contributed by atoms with Crippen molar-refractivity contribution < 1.29 is 9.13 Å². The summed E-state index contributed by atoms with van der Waals surface area (Å²) in [5.41, 5.74) is 1.05. The minimum Gasteiger partial charge on any atom is -0.454 e. The molecule has 0 amide bonds. The molecule has 0 aliphatic carbocycles. The molecule has 0 N–H and O–H groups in total. The Morgan fingerprint density at radius 2 is 1.83 bits per heavy atom. The molecule has 0 atom stereocenters. The Labute approximate surface area is 111 Å². The average Bonchev–Trinajstić information content (AvgIpc) is 2.32. The van der Waals surface area contributed by atoms with Crippen LogP contribution in [0.2, 0.25) is 5.02 Å². The molecule has 94 valence electrons. The summed E-state index contributed by atoms with van der Waals surface area (Å²) in [6.07, 6.45) is 0. The van der Waals surface area contributed by atoms with Gasteiger partial charge in [0.1, 0.15) is 5.75 Å². The van der Waals surface area contributed by atoms with Crippen LogP contribution in [0.1, 0.15) is 25.3 Å². The molecular weight excluding hydrogens is 251 g/mol. The van der Waals surface area contributed by atoms with Crippen molar-refractivity contribution in [3.8, 4) is 11.5 Å². The van der Waals surface area contributed by atoms with Gasteiger partial charge in [-0.1, -0.05) is 43.6 Å². The number of para-hydroxylation sites is 1. The molecule has 0 radical (unpaired) electrons. The van der Waals surface area contributed by atoms with Gasteiger partial charge in [-0.2, -0.15) is 0 Å². The maximum atomic E-state index is 13.4. The zero-order valence-electron chi connectivity index (χ0n) is 10.3. The Bertz CT molecular complexity index is 552.